The van der Waals surface area contributed by atoms with E-state index in [1.54, 1.807) is 18.3 Å². The van der Waals surface area contributed by atoms with E-state index in [2.05, 4.69) is 15.0 Å². The summed E-state index contributed by atoms with van der Waals surface area (Å²) in [6, 6.07) is 2.71. The summed E-state index contributed by atoms with van der Waals surface area (Å²) < 4.78 is 9.94. The summed E-state index contributed by atoms with van der Waals surface area (Å²) >= 11 is 0. The Hall–Kier alpha value is -2.11. The van der Waals surface area contributed by atoms with Gasteiger partial charge in [0.25, 0.3) is 0 Å². The first-order valence-electron chi connectivity index (χ1n) is 5.43. The van der Waals surface area contributed by atoms with Crippen LogP contribution in [0.4, 0.5) is 0 Å². The second kappa shape index (κ2) is 6.58. The quantitative estimate of drug-likeness (QED) is 0.770. The average molecular weight is 252 g/mol. The van der Waals surface area contributed by atoms with Crippen LogP contribution in [0, 0.1) is 6.92 Å². The van der Waals surface area contributed by atoms with Crippen LogP contribution in [-0.4, -0.2) is 36.6 Å². The number of carbonyl (C=O) groups is 2. The number of carbonyl (C=O) groups excluding carboxylic acids is 2. The van der Waals surface area contributed by atoms with Crippen molar-refractivity contribution in [2.75, 3.05) is 13.7 Å². The Kier molecular flexibility index (Phi) is 5.10. The van der Waals surface area contributed by atoms with E-state index in [-0.39, 0.29) is 12.5 Å². The van der Waals surface area contributed by atoms with Crippen molar-refractivity contribution < 1.29 is 19.1 Å². The molecule has 1 amide bonds. The maximum absolute atomic E-state index is 11.4. The van der Waals surface area contributed by atoms with Gasteiger partial charge in [0.1, 0.15) is 12.4 Å². The molecule has 0 bridgehead atoms. The van der Waals surface area contributed by atoms with Crippen LogP contribution in [0.3, 0.4) is 0 Å². The highest BCUT2D eigenvalue weighted by Gasteiger charge is 2.20. The van der Waals surface area contributed by atoms with Crippen LogP contribution in [0.25, 0.3) is 0 Å². The molecular weight excluding hydrogens is 236 g/mol. The van der Waals surface area contributed by atoms with Gasteiger partial charge in [-0.15, -0.1) is 0 Å². The molecule has 1 heterocycles. The van der Waals surface area contributed by atoms with Gasteiger partial charge in [0, 0.05) is 12.6 Å². The van der Waals surface area contributed by atoms with E-state index >= 15 is 0 Å². The third kappa shape index (κ3) is 4.40. The van der Waals surface area contributed by atoms with Crippen molar-refractivity contribution in [2.45, 2.75) is 19.9 Å². The summed E-state index contributed by atoms with van der Waals surface area (Å²) in [6.45, 7) is 3.18. The Labute approximate surface area is 105 Å². The maximum Gasteiger partial charge on any atom is 0.331 e. The summed E-state index contributed by atoms with van der Waals surface area (Å²) in [5.41, 5.74) is 0.869. The molecule has 98 valence electrons. The van der Waals surface area contributed by atoms with Crippen molar-refractivity contribution in [3.63, 3.8) is 0 Å². The van der Waals surface area contributed by atoms with Crippen LogP contribution < -0.4 is 10.1 Å². The summed E-state index contributed by atoms with van der Waals surface area (Å²) in [6.07, 6.45) is 1.55. The molecular formula is C12H16N2O4. The van der Waals surface area contributed by atoms with Crippen molar-refractivity contribution in [3.8, 4) is 5.75 Å². The SMILES string of the molecule is COC(=O)C(COc1ccc(C)nc1)NC(C)=O. The van der Waals surface area contributed by atoms with Gasteiger partial charge in [0.05, 0.1) is 13.3 Å². The number of aromatic nitrogens is 1. The molecule has 1 aromatic heterocycles. The Morgan fingerprint density at radius 2 is 2.17 bits per heavy atom. The first kappa shape index (κ1) is 14.0. The van der Waals surface area contributed by atoms with E-state index < -0.39 is 12.0 Å². The Morgan fingerprint density at radius 3 is 2.67 bits per heavy atom. The summed E-state index contributed by atoms with van der Waals surface area (Å²) in [5.74, 6) is -0.346. The third-order valence-corrected chi connectivity index (χ3v) is 2.16. The standard InChI is InChI=1S/C12H16N2O4/c1-8-4-5-10(6-13-8)18-7-11(12(16)17-3)14-9(2)15/h4-6,11H,7H2,1-3H3,(H,14,15). The zero-order chi connectivity index (χ0) is 13.5. The molecule has 0 aliphatic carbocycles. The Bertz CT molecular complexity index is 417. The molecule has 0 spiro atoms. The number of pyridine rings is 1. The van der Waals surface area contributed by atoms with Crippen LogP contribution in [-0.2, 0) is 14.3 Å². The highest BCUT2D eigenvalue weighted by Crippen LogP contribution is 2.09. The van der Waals surface area contributed by atoms with Crippen LogP contribution in [0.2, 0.25) is 0 Å². The predicted octanol–water partition coefficient (Wildman–Crippen LogP) is 0.447. The smallest absolute Gasteiger partial charge is 0.331 e. The van der Waals surface area contributed by atoms with E-state index in [1.807, 2.05) is 6.92 Å². The molecule has 1 rings (SSSR count). The fourth-order valence-electron chi connectivity index (χ4n) is 1.28. The molecule has 1 unspecified atom stereocenters. The molecule has 0 fully saturated rings. The average Bonchev–Trinajstić information content (AvgIpc) is 2.35. The lowest BCUT2D eigenvalue weighted by Gasteiger charge is -2.16. The van der Waals surface area contributed by atoms with Gasteiger partial charge < -0.3 is 14.8 Å². The Balaban J connectivity index is 2.58. The molecule has 0 saturated heterocycles. The van der Waals surface area contributed by atoms with E-state index in [9.17, 15) is 9.59 Å². The van der Waals surface area contributed by atoms with E-state index in [1.165, 1.54) is 14.0 Å². The van der Waals surface area contributed by atoms with Crippen molar-refractivity contribution in [1.29, 1.82) is 0 Å². The zero-order valence-corrected chi connectivity index (χ0v) is 10.6. The van der Waals surface area contributed by atoms with Gasteiger partial charge in [-0.1, -0.05) is 0 Å². The number of rotatable bonds is 5. The van der Waals surface area contributed by atoms with Crippen molar-refractivity contribution >= 4 is 11.9 Å². The van der Waals surface area contributed by atoms with E-state index in [0.717, 1.165) is 5.69 Å². The van der Waals surface area contributed by atoms with E-state index in [4.69, 9.17) is 4.74 Å². The van der Waals surface area contributed by atoms with Gasteiger partial charge in [-0.2, -0.15) is 0 Å². The first-order chi connectivity index (χ1) is 8.52. The minimum absolute atomic E-state index is 0.00298. The summed E-state index contributed by atoms with van der Waals surface area (Å²) in [4.78, 5) is 26.4. The molecule has 0 saturated carbocycles. The van der Waals surface area contributed by atoms with Crippen molar-refractivity contribution in [2.24, 2.45) is 0 Å². The van der Waals surface area contributed by atoms with Crippen molar-refractivity contribution in [1.82, 2.24) is 10.3 Å². The molecule has 1 atom stereocenters. The number of esters is 1. The van der Waals surface area contributed by atoms with Crippen LogP contribution in [0.1, 0.15) is 12.6 Å². The highest BCUT2D eigenvalue weighted by atomic mass is 16.5. The molecule has 18 heavy (non-hydrogen) atoms. The lowest BCUT2D eigenvalue weighted by atomic mass is 10.3. The number of hydrogen-bond acceptors (Lipinski definition) is 5. The zero-order valence-electron chi connectivity index (χ0n) is 10.6. The monoisotopic (exact) mass is 252 g/mol. The minimum atomic E-state index is -0.825. The number of aryl methyl sites for hydroxylation is 1. The normalized spacial score (nSPS) is 11.5. The number of amides is 1. The molecule has 6 heteroatoms. The topological polar surface area (TPSA) is 77.5 Å². The highest BCUT2D eigenvalue weighted by molar-refractivity contribution is 5.83. The van der Waals surface area contributed by atoms with Crippen LogP contribution >= 0.6 is 0 Å². The van der Waals surface area contributed by atoms with Gasteiger partial charge in [-0.05, 0) is 19.1 Å². The predicted molar refractivity (Wildman–Crippen MR) is 64.1 cm³/mol. The maximum atomic E-state index is 11.4. The Morgan fingerprint density at radius 1 is 1.44 bits per heavy atom. The molecule has 1 N–H and O–H groups in total. The van der Waals surface area contributed by atoms with Crippen molar-refractivity contribution in [3.05, 3.63) is 24.0 Å². The molecule has 0 aromatic carbocycles. The lowest BCUT2D eigenvalue weighted by Crippen LogP contribution is -2.44. The summed E-state index contributed by atoms with van der Waals surface area (Å²) in [7, 11) is 1.25. The van der Waals surface area contributed by atoms with Gasteiger partial charge >= 0.3 is 5.97 Å². The largest absolute Gasteiger partial charge is 0.489 e. The third-order valence-electron chi connectivity index (χ3n) is 2.16. The number of methoxy groups -OCH3 is 1. The number of ether oxygens (including phenoxy) is 2. The second-order valence-electron chi connectivity index (χ2n) is 3.72. The molecule has 0 aliphatic rings. The second-order valence-corrected chi connectivity index (χ2v) is 3.72. The lowest BCUT2D eigenvalue weighted by molar-refractivity contribution is -0.145. The summed E-state index contributed by atoms with van der Waals surface area (Å²) in [5, 5.41) is 2.45. The molecule has 1 aromatic rings. The van der Waals surface area contributed by atoms with Gasteiger partial charge in [-0.3, -0.25) is 9.78 Å². The first-order valence-corrected chi connectivity index (χ1v) is 5.43. The fraction of sp³-hybridized carbons (Fsp3) is 0.417. The molecule has 6 nitrogen and oxygen atoms in total. The fourth-order valence-corrected chi connectivity index (χ4v) is 1.28. The van der Waals surface area contributed by atoms with E-state index in [0.29, 0.717) is 5.75 Å². The van der Waals surface area contributed by atoms with Crippen LogP contribution in [0.15, 0.2) is 18.3 Å². The molecule has 0 aliphatic heterocycles. The minimum Gasteiger partial charge on any atom is -0.489 e. The molecule has 0 radical (unpaired) electrons. The number of hydrogen-bond donors (Lipinski definition) is 1. The number of nitrogens with one attached hydrogen (secondary N) is 1. The van der Waals surface area contributed by atoms with Gasteiger partial charge in [-0.25, -0.2) is 4.79 Å². The number of nitrogens with zero attached hydrogens (tertiary/aromatic N) is 1. The van der Waals surface area contributed by atoms with Gasteiger partial charge in [0.15, 0.2) is 6.04 Å². The van der Waals surface area contributed by atoms with Crippen LogP contribution in [0.5, 0.6) is 5.75 Å². The van der Waals surface area contributed by atoms with Gasteiger partial charge in [0.2, 0.25) is 5.91 Å².